The molecule has 16 heavy (non-hydrogen) atoms. The van der Waals surface area contributed by atoms with Gasteiger partial charge in [-0.15, -0.1) is 11.3 Å². The van der Waals surface area contributed by atoms with Crippen molar-refractivity contribution in [3.8, 4) is 0 Å². The number of nitrogens with one attached hydrogen (secondary N) is 1. The third-order valence-electron chi connectivity index (χ3n) is 2.01. The number of aryl methyl sites for hydroxylation is 1. The van der Waals surface area contributed by atoms with Crippen LogP contribution in [0.3, 0.4) is 0 Å². The zero-order valence-electron chi connectivity index (χ0n) is 8.98. The van der Waals surface area contributed by atoms with E-state index in [1.807, 2.05) is 12.3 Å². The fourth-order valence-electron chi connectivity index (χ4n) is 0.965. The largest absolute Gasteiger partial charge is 0.479 e. The lowest BCUT2D eigenvalue weighted by Gasteiger charge is -2.17. The number of carbonyl (C=O) groups excluding carboxylic acids is 1. The molecule has 0 radical (unpaired) electrons. The van der Waals surface area contributed by atoms with Gasteiger partial charge in [-0.25, -0.2) is 4.79 Å². The van der Waals surface area contributed by atoms with E-state index >= 15 is 0 Å². The number of aliphatic hydroxyl groups is 1. The molecule has 0 fully saturated rings. The van der Waals surface area contributed by atoms with Gasteiger partial charge in [0, 0.05) is 0 Å². The number of carboxylic acids is 1. The molecule has 1 aromatic heterocycles. The van der Waals surface area contributed by atoms with Crippen LogP contribution in [0.25, 0.3) is 0 Å². The molecule has 0 aliphatic carbocycles. The minimum absolute atomic E-state index is 0.321. The van der Waals surface area contributed by atoms with Gasteiger partial charge in [0.05, 0.1) is 11.4 Å². The Labute approximate surface area is 96.7 Å². The summed E-state index contributed by atoms with van der Waals surface area (Å²) in [7, 11) is 0. The van der Waals surface area contributed by atoms with E-state index in [2.05, 4.69) is 5.32 Å². The van der Waals surface area contributed by atoms with Crippen LogP contribution in [-0.2, 0) is 4.79 Å². The average molecular weight is 243 g/mol. The Kier molecular flexibility index (Phi) is 3.66. The Hall–Kier alpha value is -1.40. The number of carboxylic acid groups (broad SMARTS) is 1. The first kappa shape index (κ1) is 12.7. The predicted octanol–water partition coefficient (Wildman–Crippen LogP) is 0.622. The summed E-state index contributed by atoms with van der Waals surface area (Å²) in [5.74, 6) is -1.74. The van der Waals surface area contributed by atoms with Crippen molar-refractivity contribution in [2.24, 2.45) is 0 Å². The van der Waals surface area contributed by atoms with Gasteiger partial charge in [0.1, 0.15) is 0 Å². The SMILES string of the molecule is Cc1csc(C(=O)NCC(C)(O)C(=O)O)c1. The maximum atomic E-state index is 11.5. The van der Waals surface area contributed by atoms with E-state index in [-0.39, 0.29) is 12.5 Å². The number of rotatable bonds is 4. The van der Waals surface area contributed by atoms with Crippen LogP contribution in [0, 0.1) is 6.92 Å². The van der Waals surface area contributed by atoms with Gasteiger partial charge < -0.3 is 15.5 Å². The molecule has 3 N–H and O–H groups in total. The summed E-state index contributed by atoms with van der Waals surface area (Å²) in [6.07, 6.45) is 0. The van der Waals surface area contributed by atoms with Crippen molar-refractivity contribution in [2.45, 2.75) is 19.4 Å². The van der Waals surface area contributed by atoms with Crippen LogP contribution in [0.5, 0.6) is 0 Å². The second-order valence-electron chi connectivity index (χ2n) is 3.75. The minimum Gasteiger partial charge on any atom is -0.479 e. The summed E-state index contributed by atoms with van der Waals surface area (Å²) in [6.45, 7) is 2.67. The van der Waals surface area contributed by atoms with Gasteiger partial charge in [-0.1, -0.05) is 0 Å². The maximum Gasteiger partial charge on any atom is 0.337 e. The normalized spacial score (nSPS) is 14.2. The Bertz CT molecular complexity index is 411. The monoisotopic (exact) mass is 243 g/mol. The van der Waals surface area contributed by atoms with Crippen molar-refractivity contribution in [2.75, 3.05) is 6.54 Å². The molecule has 0 saturated carbocycles. The number of hydrogen-bond acceptors (Lipinski definition) is 4. The number of carbonyl (C=O) groups is 2. The molecule has 1 heterocycles. The number of amides is 1. The highest BCUT2D eigenvalue weighted by molar-refractivity contribution is 7.12. The first-order valence-corrected chi connectivity index (χ1v) is 5.50. The summed E-state index contributed by atoms with van der Waals surface area (Å²) >= 11 is 1.28. The van der Waals surface area contributed by atoms with Crippen LogP contribution >= 0.6 is 11.3 Å². The molecule has 0 bridgehead atoms. The van der Waals surface area contributed by atoms with E-state index in [1.165, 1.54) is 11.3 Å². The highest BCUT2D eigenvalue weighted by Gasteiger charge is 2.30. The van der Waals surface area contributed by atoms with Crippen LogP contribution in [0.1, 0.15) is 22.2 Å². The van der Waals surface area contributed by atoms with Gasteiger partial charge in [0.25, 0.3) is 5.91 Å². The molecule has 1 aromatic rings. The standard InChI is InChI=1S/C10H13NO4S/c1-6-3-7(16-4-6)8(12)11-5-10(2,15)9(13)14/h3-4,15H,5H2,1-2H3,(H,11,12)(H,13,14). The molecular formula is C10H13NO4S. The molecule has 6 heteroatoms. The Morgan fingerprint density at radius 3 is 2.62 bits per heavy atom. The van der Waals surface area contributed by atoms with Crippen molar-refractivity contribution in [3.63, 3.8) is 0 Å². The number of aliphatic carboxylic acids is 1. The second-order valence-corrected chi connectivity index (χ2v) is 4.66. The van der Waals surface area contributed by atoms with E-state index in [0.29, 0.717) is 4.88 Å². The zero-order chi connectivity index (χ0) is 12.3. The third kappa shape index (κ3) is 3.04. The summed E-state index contributed by atoms with van der Waals surface area (Å²) < 4.78 is 0. The summed E-state index contributed by atoms with van der Waals surface area (Å²) in [5, 5.41) is 22.2. The molecule has 1 atom stereocenters. The topological polar surface area (TPSA) is 86.6 Å². The molecule has 0 saturated heterocycles. The highest BCUT2D eigenvalue weighted by Crippen LogP contribution is 2.13. The average Bonchev–Trinajstić information content (AvgIpc) is 2.61. The second kappa shape index (κ2) is 4.63. The first-order chi connectivity index (χ1) is 7.33. The minimum atomic E-state index is -1.94. The third-order valence-corrected chi connectivity index (χ3v) is 3.06. The molecule has 88 valence electrons. The van der Waals surface area contributed by atoms with E-state index < -0.39 is 11.6 Å². The van der Waals surface area contributed by atoms with Gasteiger partial charge in [-0.3, -0.25) is 4.79 Å². The van der Waals surface area contributed by atoms with Gasteiger partial charge in [-0.2, -0.15) is 0 Å². The highest BCUT2D eigenvalue weighted by atomic mass is 32.1. The van der Waals surface area contributed by atoms with Gasteiger partial charge in [0.15, 0.2) is 5.60 Å². The maximum absolute atomic E-state index is 11.5. The molecule has 1 rings (SSSR count). The summed E-state index contributed by atoms with van der Waals surface area (Å²) in [6, 6.07) is 1.70. The first-order valence-electron chi connectivity index (χ1n) is 4.62. The van der Waals surface area contributed by atoms with Crippen molar-refractivity contribution in [1.82, 2.24) is 5.32 Å². The Morgan fingerprint density at radius 1 is 1.56 bits per heavy atom. The van der Waals surface area contributed by atoms with Crippen molar-refractivity contribution >= 4 is 23.2 Å². The summed E-state index contributed by atoms with van der Waals surface area (Å²) in [5.41, 5.74) is -0.970. The van der Waals surface area contributed by atoms with E-state index in [4.69, 9.17) is 5.11 Å². The van der Waals surface area contributed by atoms with Crippen molar-refractivity contribution in [3.05, 3.63) is 21.9 Å². The van der Waals surface area contributed by atoms with Gasteiger partial charge >= 0.3 is 5.97 Å². The molecule has 0 aliphatic rings. The lowest BCUT2D eigenvalue weighted by Crippen LogP contribution is -2.46. The molecular weight excluding hydrogens is 230 g/mol. The van der Waals surface area contributed by atoms with E-state index in [9.17, 15) is 14.7 Å². The Balaban J connectivity index is 2.57. The van der Waals surface area contributed by atoms with E-state index in [0.717, 1.165) is 12.5 Å². The molecule has 0 aromatic carbocycles. The van der Waals surface area contributed by atoms with Crippen molar-refractivity contribution in [1.29, 1.82) is 0 Å². The fraction of sp³-hybridized carbons (Fsp3) is 0.400. The predicted molar refractivity (Wildman–Crippen MR) is 59.6 cm³/mol. The molecule has 1 amide bonds. The zero-order valence-corrected chi connectivity index (χ0v) is 9.80. The fourth-order valence-corrected chi connectivity index (χ4v) is 1.78. The van der Waals surface area contributed by atoms with Crippen LogP contribution in [0.4, 0.5) is 0 Å². The molecule has 0 aliphatic heterocycles. The number of hydrogen-bond donors (Lipinski definition) is 3. The van der Waals surface area contributed by atoms with Gasteiger partial charge in [-0.05, 0) is 30.9 Å². The Morgan fingerprint density at radius 2 is 2.19 bits per heavy atom. The smallest absolute Gasteiger partial charge is 0.337 e. The van der Waals surface area contributed by atoms with Crippen molar-refractivity contribution < 1.29 is 19.8 Å². The van der Waals surface area contributed by atoms with Crippen LogP contribution in [-0.4, -0.2) is 34.2 Å². The van der Waals surface area contributed by atoms with Gasteiger partial charge in [0.2, 0.25) is 0 Å². The molecule has 5 nitrogen and oxygen atoms in total. The van der Waals surface area contributed by atoms with Crippen LogP contribution in [0.15, 0.2) is 11.4 Å². The lowest BCUT2D eigenvalue weighted by molar-refractivity contribution is -0.155. The number of thiophene rings is 1. The van der Waals surface area contributed by atoms with E-state index in [1.54, 1.807) is 6.07 Å². The van der Waals surface area contributed by atoms with Crippen LogP contribution < -0.4 is 5.32 Å². The summed E-state index contributed by atoms with van der Waals surface area (Å²) in [4.78, 5) is 22.6. The van der Waals surface area contributed by atoms with Crippen LogP contribution in [0.2, 0.25) is 0 Å². The quantitative estimate of drug-likeness (QED) is 0.723. The molecule has 0 spiro atoms. The molecule has 1 unspecified atom stereocenters. The lowest BCUT2D eigenvalue weighted by atomic mass is 10.1.